The summed E-state index contributed by atoms with van der Waals surface area (Å²) in [7, 11) is -2.07. The minimum absolute atomic E-state index is 0.0298. The van der Waals surface area contributed by atoms with Crippen molar-refractivity contribution in [2.75, 3.05) is 25.5 Å². The molecular formula is C8H12BrN3O3S. The Bertz CT molecular complexity index is 464. The molecule has 8 heteroatoms. The number of hydrogen-bond donors (Lipinski definition) is 3. The van der Waals surface area contributed by atoms with Crippen molar-refractivity contribution in [2.24, 2.45) is 0 Å². The topological polar surface area (TPSA) is 91.3 Å². The molecule has 1 aromatic rings. The molecule has 0 saturated carbocycles. The van der Waals surface area contributed by atoms with Crippen molar-refractivity contribution in [1.82, 2.24) is 9.71 Å². The molecule has 1 heterocycles. The number of nitrogens with one attached hydrogen (secondary N) is 2. The van der Waals surface area contributed by atoms with Gasteiger partial charge in [0.1, 0.15) is 10.7 Å². The van der Waals surface area contributed by atoms with E-state index >= 15 is 0 Å². The first-order chi connectivity index (χ1) is 7.51. The van der Waals surface area contributed by atoms with Gasteiger partial charge in [0, 0.05) is 24.3 Å². The summed E-state index contributed by atoms with van der Waals surface area (Å²) in [6.45, 7) is -0.284. The fourth-order valence-corrected chi connectivity index (χ4v) is 2.76. The molecule has 0 saturated heterocycles. The van der Waals surface area contributed by atoms with Crippen molar-refractivity contribution in [2.45, 2.75) is 4.90 Å². The average molecular weight is 310 g/mol. The molecule has 0 fully saturated rings. The van der Waals surface area contributed by atoms with Crippen LogP contribution in [0.4, 0.5) is 5.82 Å². The third-order valence-corrected chi connectivity index (χ3v) is 3.66. The molecule has 0 radical (unpaired) electrons. The number of aliphatic hydroxyl groups is 1. The van der Waals surface area contributed by atoms with Gasteiger partial charge in [-0.3, -0.25) is 0 Å². The fraction of sp³-hybridized carbons (Fsp3) is 0.375. The monoisotopic (exact) mass is 309 g/mol. The maximum atomic E-state index is 11.8. The lowest BCUT2D eigenvalue weighted by molar-refractivity contribution is 0.301. The molecule has 1 rings (SSSR count). The van der Waals surface area contributed by atoms with Crippen LogP contribution in [0.1, 0.15) is 0 Å². The number of pyridine rings is 1. The molecule has 0 unspecified atom stereocenters. The zero-order valence-electron chi connectivity index (χ0n) is 8.57. The van der Waals surface area contributed by atoms with E-state index in [2.05, 4.69) is 31.0 Å². The first kappa shape index (κ1) is 13.4. The predicted octanol–water partition coefficient (Wildman–Crippen LogP) is 0.156. The van der Waals surface area contributed by atoms with Gasteiger partial charge in [-0.25, -0.2) is 18.1 Å². The predicted molar refractivity (Wildman–Crippen MR) is 63.8 cm³/mol. The fourth-order valence-electron chi connectivity index (χ4n) is 1.07. The third-order valence-electron chi connectivity index (χ3n) is 1.75. The maximum absolute atomic E-state index is 11.8. The Morgan fingerprint density at radius 3 is 2.81 bits per heavy atom. The lowest BCUT2D eigenvalue weighted by Crippen LogP contribution is -2.27. The van der Waals surface area contributed by atoms with Crippen molar-refractivity contribution in [3.05, 3.63) is 16.7 Å². The number of aliphatic hydroxyl groups excluding tert-OH is 1. The highest BCUT2D eigenvalue weighted by molar-refractivity contribution is 9.10. The van der Waals surface area contributed by atoms with Gasteiger partial charge in [-0.15, -0.1) is 0 Å². The van der Waals surface area contributed by atoms with Crippen LogP contribution in [-0.4, -0.2) is 38.7 Å². The first-order valence-electron chi connectivity index (χ1n) is 4.45. The van der Waals surface area contributed by atoms with Crippen molar-refractivity contribution in [3.8, 4) is 0 Å². The van der Waals surface area contributed by atoms with Gasteiger partial charge in [-0.1, -0.05) is 0 Å². The lowest BCUT2D eigenvalue weighted by atomic mass is 10.4. The molecule has 3 N–H and O–H groups in total. The normalized spacial score (nSPS) is 11.4. The van der Waals surface area contributed by atoms with E-state index in [0.717, 1.165) is 0 Å². The molecule has 6 nitrogen and oxygen atoms in total. The number of hydrogen-bond acceptors (Lipinski definition) is 5. The van der Waals surface area contributed by atoms with E-state index in [1.165, 1.54) is 12.3 Å². The molecule has 16 heavy (non-hydrogen) atoms. The van der Waals surface area contributed by atoms with Gasteiger partial charge < -0.3 is 10.4 Å². The first-order valence-corrected chi connectivity index (χ1v) is 6.72. The highest BCUT2D eigenvalue weighted by Gasteiger charge is 2.18. The van der Waals surface area contributed by atoms with Gasteiger partial charge in [-0.2, -0.15) is 0 Å². The van der Waals surface area contributed by atoms with Gasteiger partial charge in [0.2, 0.25) is 10.0 Å². The van der Waals surface area contributed by atoms with Crippen LogP contribution in [0.5, 0.6) is 0 Å². The van der Waals surface area contributed by atoms with Crippen LogP contribution in [0, 0.1) is 0 Å². The van der Waals surface area contributed by atoms with Crippen LogP contribution in [0.25, 0.3) is 0 Å². The van der Waals surface area contributed by atoms with Crippen molar-refractivity contribution >= 4 is 31.8 Å². The van der Waals surface area contributed by atoms with E-state index in [1.54, 1.807) is 7.05 Å². The molecule has 0 aliphatic heterocycles. The van der Waals surface area contributed by atoms with Gasteiger partial charge in [0.25, 0.3) is 0 Å². The summed E-state index contributed by atoms with van der Waals surface area (Å²) >= 11 is 3.15. The van der Waals surface area contributed by atoms with E-state index in [-0.39, 0.29) is 23.9 Å². The van der Waals surface area contributed by atoms with E-state index in [9.17, 15) is 8.42 Å². The molecular weight excluding hydrogens is 298 g/mol. The summed E-state index contributed by atoms with van der Waals surface area (Å²) in [5.74, 6) is 0.258. The van der Waals surface area contributed by atoms with E-state index in [4.69, 9.17) is 5.11 Å². The molecule has 90 valence electrons. The van der Waals surface area contributed by atoms with Gasteiger partial charge >= 0.3 is 0 Å². The van der Waals surface area contributed by atoms with Crippen LogP contribution in [0.2, 0.25) is 0 Å². The summed E-state index contributed by atoms with van der Waals surface area (Å²) < 4.78 is 26.4. The Hall–Kier alpha value is -0.700. The number of nitrogens with zero attached hydrogens (tertiary/aromatic N) is 1. The van der Waals surface area contributed by atoms with Crippen LogP contribution in [0.15, 0.2) is 21.6 Å². The number of rotatable bonds is 5. The van der Waals surface area contributed by atoms with Crippen LogP contribution < -0.4 is 10.0 Å². The highest BCUT2D eigenvalue weighted by atomic mass is 79.9. The van der Waals surface area contributed by atoms with Crippen LogP contribution in [0.3, 0.4) is 0 Å². The van der Waals surface area contributed by atoms with Crippen molar-refractivity contribution in [3.63, 3.8) is 0 Å². The number of sulfonamides is 1. The van der Waals surface area contributed by atoms with Crippen LogP contribution in [-0.2, 0) is 10.0 Å². The minimum Gasteiger partial charge on any atom is -0.395 e. The Kier molecular flexibility index (Phi) is 4.66. The Balaban J connectivity index is 3.15. The van der Waals surface area contributed by atoms with E-state index in [0.29, 0.717) is 4.47 Å². The number of aromatic nitrogens is 1. The molecule has 0 amide bonds. The molecule has 0 atom stereocenters. The van der Waals surface area contributed by atoms with Gasteiger partial charge in [-0.05, 0) is 22.0 Å². The van der Waals surface area contributed by atoms with Crippen LogP contribution >= 0.6 is 15.9 Å². The van der Waals surface area contributed by atoms with Gasteiger partial charge in [0.15, 0.2) is 0 Å². The quantitative estimate of drug-likeness (QED) is 0.720. The number of anilines is 1. The zero-order chi connectivity index (χ0) is 12.2. The largest absolute Gasteiger partial charge is 0.395 e. The second-order valence-corrected chi connectivity index (χ2v) is 5.52. The smallest absolute Gasteiger partial charge is 0.244 e. The van der Waals surface area contributed by atoms with E-state index in [1.807, 2.05) is 0 Å². The molecule has 1 aromatic heterocycles. The maximum Gasteiger partial charge on any atom is 0.244 e. The van der Waals surface area contributed by atoms with E-state index < -0.39 is 10.0 Å². The Morgan fingerprint density at radius 1 is 1.56 bits per heavy atom. The second kappa shape index (κ2) is 5.58. The Morgan fingerprint density at radius 2 is 2.25 bits per heavy atom. The minimum atomic E-state index is -3.65. The van der Waals surface area contributed by atoms with Crippen molar-refractivity contribution < 1.29 is 13.5 Å². The molecule has 0 aliphatic carbocycles. The summed E-state index contributed by atoms with van der Waals surface area (Å²) in [5.41, 5.74) is 0. The second-order valence-electron chi connectivity index (χ2n) is 2.87. The highest BCUT2D eigenvalue weighted by Crippen LogP contribution is 2.22. The SMILES string of the molecule is CNc1ncc(Br)cc1S(=O)(=O)NCCO. The Labute approximate surface area is 102 Å². The molecule has 0 bridgehead atoms. The zero-order valence-corrected chi connectivity index (χ0v) is 11.0. The number of halogens is 1. The summed E-state index contributed by atoms with van der Waals surface area (Å²) in [6.07, 6.45) is 1.50. The summed E-state index contributed by atoms with van der Waals surface area (Å²) in [4.78, 5) is 3.97. The molecule has 0 aliphatic rings. The molecule has 0 spiro atoms. The van der Waals surface area contributed by atoms with Gasteiger partial charge in [0.05, 0.1) is 6.61 Å². The molecule has 0 aromatic carbocycles. The summed E-state index contributed by atoms with van der Waals surface area (Å²) in [6, 6.07) is 1.44. The standard InChI is InChI=1S/C8H12BrN3O3S/c1-10-8-7(4-6(9)5-11-8)16(14,15)12-2-3-13/h4-5,12-13H,2-3H2,1H3,(H,10,11). The summed E-state index contributed by atoms with van der Waals surface area (Å²) in [5, 5.41) is 11.3. The van der Waals surface area contributed by atoms with Crippen molar-refractivity contribution in [1.29, 1.82) is 0 Å². The average Bonchev–Trinajstić information content (AvgIpc) is 2.26. The lowest BCUT2D eigenvalue weighted by Gasteiger charge is -2.09. The third kappa shape index (κ3) is 3.14.